The maximum Gasteiger partial charge on any atom is 0.416 e. The van der Waals surface area contributed by atoms with Crippen LogP contribution in [-0.2, 0) is 15.8 Å². The monoisotopic (exact) mass is 384 g/mol. The average molecular weight is 385 g/mol. The Morgan fingerprint density at radius 2 is 1.73 bits per heavy atom. The summed E-state index contributed by atoms with van der Waals surface area (Å²) in [6.45, 7) is 2.70. The first kappa shape index (κ1) is 19.8. The molecule has 0 aliphatic rings. The van der Waals surface area contributed by atoms with Crippen LogP contribution in [0.4, 0.5) is 24.5 Å². The minimum atomic E-state index is -4.47. The molecule has 0 spiro atoms. The highest BCUT2D eigenvalue weighted by atomic mass is 35.5. The van der Waals surface area contributed by atoms with Gasteiger partial charge in [-0.05, 0) is 48.9 Å². The maximum atomic E-state index is 12.6. The number of carbonyl (C=O) groups is 2. The molecule has 2 aromatic carbocycles. The van der Waals surface area contributed by atoms with Gasteiger partial charge >= 0.3 is 6.18 Å². The zero-order valence-electron chi connectivity index (χ0n) is 14.0. The van der Waals surface area contributed by atoms with Gasteiger partial charge in [-0.1, -0.05) is 17.7 Å². The van der Waals surface area contributed by atoms with E-state index in [9.17, 15) is 22.8 Å². The largest absolute Gasteiger partial charge is 0.416 e. The molecule has 0 bridgehead atoms. The molecule has 2 aromatic rings. The van der Waals surface area contributed by atoms with Crippen molar-refractivity contribution >= 4 is 34.8 Å². The van der Waals surface area contributed by atoms with Crippen LogP contribution in [0.1, 0.15) is 18.1 Å². The standard InChI is InChI=1S/C18H16ClF3N2O2/c1-11-3-6-14(9-16(11)19)23-17(26)10-24(12(2)25)15-7-4-13(5-8-15)18(20,21)22/h3-9H,10H2,1-2H3,(H,23,26). The number of hydrogen-bond donors (Lipinski definition) is 1. The fourth-order valence-corrected chi connectivity index (χ4v) is 2.41. The summed E-state index contributed by atoms with van der Waals surface area (Å²) in [4.78, 5) is 25.1. The number of amides is 2. The normalized spacial score (nSPS) is 11.2. The molecular formula is C18H16ClF3N2O2. The first-order chi connectivity index (χ1) is 12.1. The van der Waals surface area contributed by atoms with Gasteiger partial charge in [0.2, 0.25) is 11.8 Å². The van der Waals surface area contributed by atoms with E-state index in [2.05, 4.69) is 5.32 Å². The topological polar surface area (TPSA) is 49.4 Å². The van der Waals surface area contributed by atoms with Crippen LogP contribution in [0.25, 0.3) is 0 Å². The fourth-order valence-electron chi connectivity index (χ4n) is 2.23. The molecule has 4 nitrogen and oxygen atoms in total. The molecule has 0 saturated carbocycles. The average Bonchev–Trinajstić information content (AvgIpc) is 2.55. The number of alkyl halides is 3. The second kappa shape index (κ2) is 7.78. The molecule has 2 rings (SSSR count). The summed E-state index contributed by atoms with van der Waals surface area (Å²) in [5.74, 6) is -0.970. The maximum absolute atomic E-state index is 12.6. The first-order valence-electron chi connectivity index (χ1n) is 7.59. The zero-order chi connectivity index (χ0) is 19.5. The van der Waals surface area contributed by atoms with Crippen LogP contribution >= 0.6 is 11.6 Å². The molecule has 0 radical (unpaired) electrons. The van der Waals surface area contributed by atoms with E-state index in [4.69, 9.17) is 11.6 Å². The molecule has 0 heterocycles. The molecule has 0 fully saturated rings. The third-order valence-corrected chi connectivity index (χ3v) is 4.05. The van der Waals surface area contributed by atoms with E-state index in [1.807, 2.05) is 6.92 Å². The Morgan fingerprint density at radius 1 is 1.12 bits per heavy atom. The second-order valence-corrected chi connectivity index (χ2v) is 6.07. The predicted octanol–water partition coefficient (Wildman–Crippen LogP) is 4.66. The lowest BCUT2D eigenvalue weighted by atomic mass is 10.2. The van der Waals surface area contributed by atoms with Crippen molar-refractivity contribution in [3.63, 3.8) is 0 Å². The molecule has 2 amide bonds. The first-order valence-corrected chi connectivity index (χ1v) is 7.97. The summed E-state index contributed by atoms with van der Waals surface area (Å²) in [6.07, 6.45) is -4.47. The summed E-state index contributed by atoms with van der Waals surface area (Å²) >= 11 is 5.99. The summed E-state index contributed by atoms with van der Waals surface area (Å²) in [7, 11) is 0. The quantitative estimate of drug-likeness (QED) is 0.833. The van der Waals surface area contributed by atoms with Gasteiger partial charge in [0.25, 0.3) is 0 Å². The summed E-state index contributed by atoms with van der Waals surface area (Å²) in [5.41, 5.74) is 0.674. The van der Waals surface area contributed by atoms with Crippen molar-refractivity contribution < 1.29 is 22.8 Å². The van der Waals surface area contributed by atoms with Crippen LogP contribution in [0, 0.1) is 6.92 Å². The van der Waals surface area contributed by atoms with Crippen LogP contribution in [0.3, 0.4) is 0 Å². The number of hydrogen-bond acceptors (Lipinski definition) is 2. The van der Waals surface area contributed by atoms with Gasteiger partial charge in [-0.15, -0.1) is 0 Å². The molecule has 1 N–H and O–H groups in total. The lowest BCUT2D eigenvalue weighted by Crippen LogP contribution is -2.36. The number of carbonyl (C=O) groups excluding carboxylic acids is 2. The predicted molar refractivity (Wildman–Crippen MR) is 94.3 cm³/mol. The Morgan fingerprint density at radius 3 is 2.23 bits per heavy atom. The summed E-state index contributed by atoms with van der Waals surface area (Å²) in [5, 5.41) is 3.08. The van der Waals surface area contributed by atoms with Crippen LogP contribution in [0.15, 0.2) is 42.5 Å². The van der Waals surface area contributed by atoms with E-state index in [1.54, 1.807) is 18.2 Å². The van der Waals surface area contributed by atoms with Crippen molar-refractivity contribution in [3.05, 3.63) is 58.6 Å². The number of nitrogens with zero attached hydrogens (tertiary/aromatic N) is 1. The molecule has 0 aliphatic carbocycles. The van der Waals surface area contributed by atoms with Crippen LogP contribution in [0.5, 0.6) is 0 Å². The second-order valence-electron chi connectivity index (χ2n) is 5.66. The van der Waals surface area contributed by atoms with Gasteiger partial charge in [0.05, 0.1) is 5.56 Å². The minimum Gasteiger partial charge on any atom is -0.324 e. The lowest BCUT2D eigenvalue weighted by Gasteiger charge is -2.21. The Labute approximate surface area is 153 Å². The molecule has 138 valence electrons. The van der Waals surface area contributed by atoms with Crippen molar-refractivity contribution in [2.45, 2.75) is 20.0 Å². The van der Waals surface area contributed by atoms with E-state index in [-0.39, 0.29) is 12.2 Å². The molecular weight excluding hydrogens is 369 g/mol. The number of anilines is 2. The molecule has 0 saturated heterocycles. The number of aryl methyl sites for hydroxylation is 1. The van der Waals surface area contributed by atoms with Gasteiger partial charge in [0.15, 0.2) is 0 Å². The number of rotatable bonds is 4. The van der Waals surface area contributed by atoms with Crippen LogP contribution in [-0.4, -0.2) is 18.4 Å². The molecule has 26 heavy (non-hydrogen) atoms. The Hall–Kier alpha value is -2.54. The highest BCUT2D eigenvalue weighted by Crippen LogP contribution is 2.30. The van der Waals surface area contributed by atoms with Crippen LogP contribution in [0.2, 0.25) is 5.02 Å². The number of benzene rings is 2. The molecule has 0 aromatic heterocycles. The Bertz CT molecular complexity index is 820. The van der Waals surface area contributed by atoms with E-state index in [1.165, 1.54) is 6.92 Å². The summed E-state index contributed by atoms with van der Waals surface area (Å²) in [6, 6.07) is 9.00. The fraction of sp³-hybridized carbons (Fsp3) is 0.222. The number of nitrogens with one attached hydrogen (secondary N) is 1. The highest BCUT2D eigenvalue weighted by Gasteiger charge is 2.30. The smallest absolute Gasteiger partial charge is 0.324 e. The third kappa shape index (κ3) is 4.98. The van der Waals surface area contributed by atoms with E-state index >= 15 is 0 Å². The van der Waals surface area contributed by atoms with Crippen molar-refractivity contribution in [2.75, 3.05) is 16.8 Å². The molecule has 0 aliphatic heterocycles. The number of halogens is 4. The molecule has 0 atom stereocenters. The zero-order valence-corrected chi connectivity index (χ0v) is 14.8. The lowest BCUT2D eigenvalue weighted by molar-refractivity contribution is -0.137. The van der Waals surface area contributed by atoms with E-state index < -0.39 is 23.6 Å². The van der Waals surface area contributed by atoms with Crippen LogP contribution < -0.4 is 10.2 Å². The van der Waals surface area contributed by atoms with E-state index in [0.717, 1.165) is 34.7 Å². The van der Waals surface area contributed by atoms with Crippen molar-refractivity contribution in [3.8, 4) is 0 Å². The van der Waals surface area contributed by atoms with Gasteiger partial charge in [0.1, 0.15) is 6.54 Å². The third-order valence-electron chi connectivity index (χ3n) is 3.64. The van der Waals surface area contributed by atoms with Gasteiger partial charge in [-0.2, -0.15) is 13.2 Å². The Balaban J connectivity index is 2.13. The van der Waals surface area contributed by atoms with Crippen molar-refractivity contribution in [1.82, 2.24) is 0 Å². The van der Waals surface area contributed by atoms with Crippen molar-refractivity contribution in [2.24, 2.45) is 0 Å². The highest BCUT2D eigenvalue weighted by molar-refractivity contribution is 6.31. The van der Waals surface area contributed by atoms with Gasteiger partial charge in [-0.3, -0.25) is 9.59 Å². The molecule has 0 unspecified atom stereocenters. The van der Waals surface area contributed by atoms with Gasteiger partial charge in [0, 0.05) is 23.3 Å². The molecule has 8 heteroatoms. The Kier molecular flexibility index (Phi) is 5.92. The summed E-state index contributed by atoms with van der Waals surface area (Å²) < 4.78 is 37.9. The minimum absolute atomic E-state index is 0.197. The van der Waals surface area contributed by atoms with Gasteiger partial charge < -0.3 is 10.2 Å². The SMILES string of the molecule is CC(=O)N(CC(=O)Nc1ccc(C)c(Cl)c1)c1ccc(C(F)(F)F)cc1. The van der Waals surface area contributed by atoms with E-state index in [0.29, 0.717) is 10.7 Å². The van der Waals surface area contributed by atoms with Gasteiger partial charge in [-0.25, -0.2) is 0 Å². The van der Waals surface area contributed by atoms with Crippen molar-refractivity contribution in [1.29, 1.82) is 0 Å².